The fourth-order valence-electron chi connectivity index (χ4n) is 2.77. The number of halogens is 1. The number of aryl methyl sites for hydroxylation is 2. The molecule has 0 aromatic carbocycles. The molecule has 0 amide bonds. The van der Waals surface area contributed by atoms with Crippen molar-refractivity contribution in [2.45, 2.75) is 46.1 Å². The lowest BCUT2D eigenvalue weighted by atomic mass is 10.0. The van der Waals surface area contributed by atoms with Gasteiger partial charge in [0.05, 0.1) is 5.69 Å². The molecule has 2 heterocycles. The van der Waals surface area contributed by atoms with E-state index in [2.05, 4.69) is 58.6 Å². The molecule has 2 rings (SSSR count). The fourth-order valence-corrected chi connectivity index (χ4v) is 4.30. The van der Waals surface area contributed by atoms with E-state index in [1.54, 1.807) is 0 Å². The molecule has 0 saturated heterocycles. The van der Waals surface area contributed by atoms with Gasteiger partial charge in [0.15, 0.2) is 0 Å². The molecular weight excluding hydrogens is 346 g/mol. The van der Waals surface area contributed by atoms with E-state index in [-0.39, 0.29) is 0 Å². The zero-order valence-corrected chi connectivity index (χ0v) is 15.6. The highest BCUT2D eigenvalue weighted by molar-refractivity contribution is 9.10. The van der Waals surface area contributed by atoms with Crippen LogP contribution in [0.25, 0.3) is 0 Å². The lowest BCUT2D eigenvalue weighted by Crippen LogP contribution is -2.31. The molecule has 0 aliphatic carbocycles. The van der Waals surface area contributed by atoms with E-state index in [1.165, 1.54) is 26.3 Å². The topological polar surface area (TPSA) is 29.9 Å². The molecule has 0 aliphatic heterocycles. The van der Waals surface area contributed by atoms with Gasteiger partial charge >= 0.3 is 0 Å². The summed E-state index contributed by atoms with van der Waals surface area (Å²) in [7, 11) is 2.02. The quantitative estimate of drug-likeness (QED) is 0.798. The van der Waals surface area contributed by atoms with Crippen LogP contribution in [0.1, 0.15) is 35.2 Å². The summed E-state index contributed by atoms with van der Waals surface area (Å²) in [6, 6.07) is 2.76. The largest absolute Gasteiger partial charge is 0.314 e. The number of rotatable bonds is 7. The third-order valence-corrected chi connectivity index (χ3v) is 5.68. The van der Waals surface area contributed by atoms with Crippen molar-refractivity contribution < 1.29 is 0 Å². The Labute approximate surface area is 139 Å². The Kier molecular flexibility index (Phi) is 6.02. The van der Waals surface area contributed by atoms with Gasteiger partial charge in [0.1, 0.15) is 0 Å². The van der Waals surface area contributed by atoms with Crippen LogP contribution >= 0.6 is 27.3 Å². The van der Waals surface area contributed by atoms with Gasteiger partial charge in [-0.2, -0.15) is 5.10 Å². The molecule has 0 fully saturated rings. The van der Waals surface area contributed by atoms with Crippen molar-refractivity contribution in [3.63, 3.8) is 0 Å². The van der Waals surface area contributed by atoms with Crippen molar-refractivity contribution >= 4 is 27.3 Å². The van der Waals surface area contributed by atoms with Gasteiger partial charge < -0.3 is 5.32 Å². The van der Waals surface area contributed by atoms with Crippen LogP contribution in [0.4, 0.5) is 0 Å². The maximum Gasteiger partial charge on any atom is 0.0628 e. The van der Waals surface area contributed by atoms with Crippen LogP contribution in [0.5, 0.6) is 0 Å². The molecule has 0 saturated carbocycles. The Morgan fingerprint density at radius 2 is 2.19 bits per heavy atom. The van der Waals surface area contributed by atoms with Gasteiger partial charge in [0, 0.05) is 33.5 Å². The highest BCUT2D eigenvalue weighted by Crippen LogP contribution is 2.22. The molecule has 116 valence electrons. The summed E-state index contributed by atoms with van der Waals surface area (Å²) in [5, 5.41) is 10.3. The molecule has 1 unspecified atom stereocenters. The first-order chi connectivity index (χ1) is 10.0. The van der Waals surface area contributed by atoms with Crippen molar-refractivity contribution in [3.8, 4) is 0 Å². The summed E-state index contributed by atoms with van der Waals surface area (Å²) < 4.78 is 3.18. The highest BCUT2D eigenvalue weighted by Gasteiger charge is 2.14. The molecule has 1 atom stereocenters. The number of nitrogens with zero attached hydrogens (tertiary/aromatic N) is 2. The molecule has 0 radical (unpaired) electrons. The standard InChI is InChI=1S/C16H24BrN3S/c1-5-18-14(9-15-8-13(17)10-21-15)6-7-16-11(2)19-20(4)12(16)3/h8,10,14,18H,5-7,9H2,1-4H3. The monoisotopic (exact) mass is 369 g/mol. The van der Waals surface area contributed by atoms with E-state index < -0.39 is 0 Å². The second-order valence-electron chi connectivity index (χ2n) is 5.50. The molecule has 1 N–H and O–H groups in total. The van der Waals surface area contributed by atoms with Crippen LogP contribution in [-0.4, -0.2) is 22.4 Å². The van der Waals surface area contributed by atoms with Crippen molar-refractivity contribution in [3.05, 3.63) is 37.7 Å². The van der Waals surface area contributed by atoms with Crippen molar-refractivity contribution in [1.29, 1.82) is 0 Å². The van der Waals surface area contributed by atoms with Crippen LogP contribution in [-0.2, 0) is 19.9 Å². The molecule has 2 aromatic heterocycles. The molecular formula is C16H24BrN3S. The normalized spacial score (nSPS) is 12.8. The van der Waals surface area contributed by atoms with Gasteiger partial charge in [0.25, 0.3) is 0 Å². The number of hydrogen-bond acceptors (Lipinski definition) is 3. The first-order valence-corrected chi connectivity index (χ1v) is 9.13. The van der Waals surface area contributed by atoms with E-state index >= 15 is 0 Å². The lowest BCUT2D eigenvalue weighted by Gasteiger charge is -2.17. The van der Waals surface area contributed by atoms with Crippen LogP contribution in [0.15, 0.2) is 15.9 Å². The Morgan fingerprint density at radius 3 is 2.71 bits per heavy atom. The third kappa shape index (κ3) is 4.41. The highest BCUT2D eigenvalue weighted by atomic mass is 79.9. The van der Waals surface area contributed by atoms with Crippen LogP contribution in [0.2, 0.25) is 0 Å². The number of hydrogen-bond donors (Lipinski definition) is 1. The first-order valence-electron chi connectivity index (χ1n) is 7.46. The van der Waals surface area contributed by atoms with E-state index in [4.69, 9.17) is 0 Å². The van der Waals surface area contributed by atoms with E-state index in [0.29, 0.717) is 6.04 Å². The summed E-state index contributed by atoms with van der Waals surface area (Å²) in [6.07, 6.45) is 3.34. The maximum atomic E-state index is 4.51. The minimum absolute atomic E-state index is 0.527. The average molecular weight is 370 g/mol. The van der Waals surface area contributed by atoms with Crippen molar-refractivity contribution in [2.75, 3.05) is 6.54 Å². The summed E-state index contributed by atoms with van der Waals surface area (Å²) >= 11 is 5.37. The number of aromatic nitrogens is 2. The number of nitrogens with one attached hydrogen (secondary N) is 1. The smallest absolute Gasteiger partial charge is 0.0628 e. The van der Waals surface area contributed by atoms with Gasteiger partial charge in [-0.05, 0) is 67.2 Å². The van der Waals surface area contributed by atoms with Crippen LogP contribution in [0.3, 0.4) is 0 Å². The minimum Gasteiger partial charge on any atom is -0.314 e. The molecule has 3 nitrogen and oxygen atoms in total. The summed E-state index contributed by atoms with van der Waals surface area (Å²) in [5.41, 5.74) is 3.87. The molecule has 0 aliphatic rings. The lowest BCUT2D eigenvalue weighted by molar-refractivity contribution is 0.493. The van der Waals surface area contributed by atoms with E-state index in [9.17, 15) is 0 Å². The Bertz CT molecular complexity index is 588. The predicted molar refractivity (Wildman–Crippen MR) is 94.2 cm³/mol. The Hall–Kier alpha value is -0.650. The molecule has 0 bridgehead atoms. The maximum absolute atomic E-state index is 4.51. The van der Waals surface area contributed by atoms with Crippen LogP contribution < -0.4 is 5.32 Å². The zero-order chi connectivity index (χ0) is 15.4. The fraction of sp³-hybridized carbons (Fsp3) is 0.562. The van der Waals surface area contributed by atoms with Crippen molar-refractivity contribution in [2.24, 2.45) is 7.05 Å². The molecule has 0 spiro atoms. The number of likely N-dealkylation sites (N-methyl/N-ethyl adjacent to an activating group) is 1. The average Bonchev–Trinajstić information content (AvgIpc) is 2.93. The van der Waals surface area contributed by atoms with Crippen molar-refractivity contribution in [1.82, 2.24) is 15.1 Å². The Balaban J connectivity index is 1.99. The number of thiophene rings is 1. The molecule has 21 heavy (non-hydrogen) atoms. The molecule has 2 aromatic rings. The van der Waals surface area contributed by atoms with E-state index in [1.807, 2.05) is 23.1 Å². The second-order valence-corrected chi connectivity index (χ2v) is 7.41. The zero-order valence-electron chi connectivity index (χ0n) is 13.2. The van der Waals surface area contributed by atoms with Gasteiger partial charge in [0.2, 0.25) is 0 Å². The SMILES string of the molecule is CCNC(CCc1c(C)nn(C)c1C)Cc1cc(Br)cs1. The van der Waals surface area contributed by atoms with Gasteiger partial charge in [-0.25, -0.2) is 0 Å². The summed E-state index contributed by atoms with van der Waals surface area (Å²) in [6.45, 7) is 7.47. The summed E-state index contributed by atoms with van der Waals surface area (Å²) in [4.78, 5) is 1.44. The first kappa shape index (κ1) is 16.7. The van der Waals surface area contributed by atoms with Gasteiger partial charge in [-0.1, -0.05) is 6.92 Å². The van der Waals surface area contributed by atoms with Crippen LogP contribution in [0, 0.1) is 13.8 Å². The third-order valence-electron chi connectivity index (χ3n) is 3.96. The summed E-state index contributed by atoms with van der Waals surface area (Å²) in [5.74, 6) is 0. The predicted octanol–water partition coefficient (Wildman–Crippen LogP) is 4.01. The van der Waals surface area contributed by atoms with Gasteiger partial charge in [-0.15, -0.1) is 11.3 Å². The van der Waals surface area contributed by atoms with E-state index in [0.717, 1.165) is 25.8 Å². The molecule has 5 heteroatoms. The second kappa shape index (κ2) is 7.56. The Morgan fingerprint density at radius 1 is 1.43 bits per heavy atom. The minimum atomic E-state index is 0.527. The van der Waals surface area contributed by atoms with Gasteiger partial charge in [-0.3, -0.25) is 4.68 Å².